The second-order valence-corrected chi connectivity index (χ2v) is 12.3. The van der Waals surface area contributed by atoms with E-state index in [4.69, 9.17) is 14.2 Å². The summed E-state index contributed by atoms with van der Waals surface area (Å²) in [5.74, 6) is 3.62. The standard InChI is InChI=1S/C36H43N3O3/c1-4-24-21-39-17-15-28-29(20-33(40-2)36(41-3)35(28)42-22-23-10-6-5-7-11-23)32(39)19-25(24)18-31-34-27(14-16-37-31)26-12-8-9-13-30(26)38-34/h5-13,20,24-25,31-32,37-38H,4,14-19,21-22H2,1-3H3/t24-,25-,31+,32-/m0/s1. The van der Waals surface area contributed by atoms with E-state index in [-0.39, 0.29) is 0 Å². The predicted molar refractivity (Wildman–Crippen MR) is 168 cm³/mol. The van der Waals surface area contributed by atoms with E-state index in [0.717, 1.165) is 62.4 Å². The smallest absolute Gasteiger partial charge is 0.203 e. The van der Waals surface area contributed by atoms with Gasteiger partial charge >= 0.3 is 0 Å². The molecule has 1 saturated heterocycles. The Bertz CT molecular complexity index is 1550. The molecule has 4 heterocycles. The first-order valence-electron chi connectivity index (χ1n) is 15.7. The minimum Gasteiger partial charge on any atom is -0.493 e. The van der Waals surface area contributed by atoms with Crippen LogP contribution in [-0.4, -0.2) is 43.7 Å². The van der Waals surface area contributed by atoms with Gasteiger partial charge in [0.15, 0.2) is 11.5 Å². The molecule has 4 atom stereocenters. The lowest BCUT2D eigenvalue weighted by molar-refractivity contribution is 0.0426. The minimum atomic E-state index is 0.353. The summed E-state index contributed by atoms with van der Waals surface area (Å²) in [6.45, 7) is 6.12. The number of nitrogens with one attached hydrogen (secondary N) is 2. The monoisotopic (exact) mass is 565 g/mol. The fraction of sp³-hybridized carbons (Fsp3) is 0.444. The zero-order valence-electron chi connectivity index (χ0n) is 25.1. The van der Waals surface area contributed by atoms with Gasteiger partial charge in [0.05, 0.1) is 14.2 Å². The molecule has 0 amide bonds. The first kappa shape index (κ1) is 27.4. The Labute approximate surface area is 249 Å². The van der Waals surface area contributed by atoms with Crippen molar-refractivity contribution in [3.8, 4) is 17.2 Å². The van der Waals surface area contributed by atoms with Crippen LogP contribution in [0.4, 0.5) is 0 Å². The molecule has 42 heavy (non-hydrogen) atoms. The van der Waals surface area contributed by atoms with Crippen LogP contribution in [0.5, 0.6) is 17.2 Å². The molecule has 0 unspecified atom stereocenters. The molecule has 0 bridgehead atoms. The minimum absolute atomic E-state index is 0.353. The number of aromatic nitrogens is 1. The number of methoxy groups -OCH3 is 2. The Morgan fingerprint density at radius 3 is 2.55 bits per heavy atom. The molecule has 4 aromatic rings. The molecule has 0 saturated carbocycles. The molecule has 0 aliphatic carbocycles. The lowest BCUT2D eigenvalue weighted by atomic mass is 9.72. The number of hydrogen-bond acceptors (Lipinski definition) is 5. The predicted octanol–water partition coefficient (Wildman–Crippen LogP) is 6.99. The normalized spacial score (nSPS) is 23.6. The van der Waals surface area contributed by atoms with E-state index in [2.05, 4.69) is 76.7 Å². The van der Waals surface area contributed by atoms with Crippen LogP contribution in [0.2, 0.25) is 0 Å². The van der Waals surface area contributed by atoms with Crippen LogP contribution >= 0.6 is 0 Å². The number of H-pyrrole nitrogens is 1. The topological polar surface area (TPSA) is 58.8 Å². The van der Waals surface area contributed by atoms with Crippen molar-refractivity contribution in [1.82, 2.24) is 15.2 Å². The summed E-state index contributed by atoms with van der Waals surface area (Å²) in [6.07, 6.45) is 5.56. The molecule has 0 radical (unpaired) electrons. The van der Waals surface area contributed by atoms with Crippen LogP contribution in [-0.2, 0) is 19.4 Å². The second-order valence-electron chi connectivity index (χ2n) is 12.3. The second kappa shape index (κ2) is 11.7. The Hall–Kier alpha value is -3.48. The van der Waals surface area contributed by atoms with Gasteiger partial charge in [-0.15, -0.1) is 0 Å². The molecule has 6 nitrogen and oxygen atoms in total. The third-order valence-electron chi connectivity index (χ3n) is 10.1. The molecule has 2 N–H and O–H groups in total. The highest BCUT2D eigenvalue weighted by Crippen LogP contribution is 2.51. The summed E-state index contributed by atoms with van der Waals surface area (Å²) in [5.41, 5.74) is 7.97. The molecule has 220 valence electrons. The van der Waals surface area contributed by atoms with Gasteiger partial charge in [-0.25, -0.2) is 0 Å². The molecular weight excluding hydrogens is 522 g/mol. The van der Waals surface area contributed by atoms with Crippen LogP contribution in [0.3, 0.4) is 0 Å². The molecule has 3 aliphatic heterocycles. The highest BCUT2D eigenvalue weighted by atomic mass is 16.5. The Balaban J connectivity index is 1.20. The highest BCUT2D eigenvalue weighted by molar-refractivity contribution is 5.85. The largest absolute Gasteiger partial charge is 0.493 e. The van der Waals surface area contributed by atoms with Gasteiger partial charge in [-0.2, -0.15) is 0 Å². The number of fused-ring (bicyclic) bond motifs is 6. The summed E-state index contributed by atoms with van der Waals surface area (Å²) in [7, 11) is 3.45. The molecular formula is C36H43N3O3. The Kier molecular flexibility index (Phi) is 7.59. The first-order chi connectivity index (χ1) is 20.7. The van der Waals surface area contributed by atoms with Crippen molar-refractivity contribution in [1.29, 1.82) is 0 Å². The van der Waals surface area contributed by atoms with Crippen molar-refractivity contribution in [2.45, 2.75) is 57.7 Å². The zero-order chi connectivity index (χ0) is 28.6. The fourth-order valence-electron chi connectivity index (χ4n) is 8.00. The van der Waals surface area contributed by atoms with E-state index < -0.39 is 0 Å². The molecule has 7 rings (SSSR count). The summed E-state index contributed by atoms with van der Waals surface area (Å²) in [5, 5.41) is 5.29. The van der Waals surface area contributed by atoms with Crippen molar-refractivity contribution in [2.24, 2.45) is 11.8 Å². The molecule has 6 heteroatoms. The summed E-state index contributed by atoms with van der Waals surface area (Å²) >= 11 is 0. The number of aromatic amines is 1. The van der Waals surface area contributed by atoms with Crippen LogP contribution in [0, 0.1) is 11.8 Å². The maximum absolute atomic E-state index is 6.56. The third kappa shape index (κ3) is 4.84. The number of ether oxygens (including phenoxy) is 3. The highest BCUT2D eigenvalue weighted by Gasteiger charge is 2.41. The number of rotatable bonds is 8. The van der Waals surface area contributed by atoms with Crippen molar-refractivity contribution in [3.63, 3.8) is 0 Å². The number of benzene rings is 3. The van der Waals surface area contributed by atoms with Gasteiger partial charge in [-0.05, 0) is 72.9 Å². The van der Waals surface area contributed by atoms with Gasteiger partial charge in [0.25, 0.3) is 0 Å². The van der Waals surface area contributed by atoms with Crippen LogP contribution in [0.1, 0.15) is 66.2 Å². The average molecular weight is 566 g/mol. The number of para-hydroxylation sites is 1. The van der Waals surface area contributed by atoms with E-state index in [9.17, 15) is 0 Å². The van der Waals surface area contributed by atoms with E-state index in [1.807, 2.05) is 6.07 Å². The molecule has 3 aromatic carbocycles. The summed E-state index contributed by atoms with van der Waals surface area (Å²) in [6, 6.07) is 22.1. The lowest BCUT2D eigenvalue weighted by Gasteiger charge is -2.48. The van der Waals surface area contributed by atoms with Crippen LogP contribution in [0.25, 0.3) is 10.9 Å². The van der Waals surface area contributed by atoms with Crippen molar-refractivity contribution >= 4 is 10.9 Å². The molecule has 1 aromatic heterocycles. The maximum Gasteiger partial charge on any atom is 0.203 e. The quantitative estimate of drug-likeness (QED) is 0.241. The molecule has 3 aliphatic rings. The van der Waals surface area contributed by atoms with Gasteiger partial charge in [0, 0.05) is 47.3 Å². The van der Waals surface area contributed by atoms with E-state index in [1.165, 1.54) is 39.7 Å². The van der Waals surface area contributed by atoms with Crippen molar-refractivity contribution in [2.75, 3.05) is 33.9 Å². The summed E-state index contributed by atoms with van der Waals surface area (Å²) in [4.78, 5) is 6.53. The first-order valence-corrected chi connectivity index (χ1v) is 15.7. The van der Waals surface area contributed by atoms with E-state index in [1.54, 1.807) is 14.2 Å². The average Bonchev–Trinajstić information content (AvgIpc) is 3.43. The third-order valence-corrected chi connectivity index (χ3v) is 10.1. The number of nitrogens with zero attached hydrogens (tertiary/aromatic N) is 1. The van der Waals surface area contributed by atoms with Gasteiger partial charge < -0.3 is 24.5 Å². The van der Waals surface area contributed by atoms with Crippen molar-refractivity contribution < 1.29 is 14.2 Å². The van der Waals surface area contributed by atoms with Gasteiger partial charge in [0.1, 0.15) is 6.61 Å². The molecule has 1 fully saturated rings. The lowest BCUT2D eigenvalue weighted by Crippen LogP contribution is -2.47. The summed E-state index contributed by atoms with van der Waals surface area (Å²) < 4.78 is 18.3. The van der Waals surface area contributed by atoms with E-state index in [0.29, 0.717) is 36.3 Å². The van der Waals surface area contributed by atoms with Gasteiger partial charge in [0.2, 0.25) is 5.75 Å². The molecule has 0 spiro atoms. The fourth-order valence-corrected chi connectivity index (χ4v) is 8.00. The van der Waals surface area contributed by atoms with Gasteiger partial charge in [-0.1, -0.05) is 61.9 Å². The van der Waals surface area contributed by atoms with Crippen LogP contribution in [0.15, 0.2) is 60.7 Å². The SMILES string of the molecule is CC[C@H]1CN2CCc3c(cc(OC)c(OC)c3OCc3ccccc3)[C@@H]2C[C@@H]1C[C@H]1NCCc2c1[nH]c1ccccc21. The maximum atomic E-state index is 6.56. The van der Waals surface area contributed by atoms with Crippen molar-refractivity contribution in [3.05, 3.63) is 88.6 Å². The van der Waals surface area contributed by atoms with Crippen LogP contribution < -0.4 is 19.5 Å². The number of hydrogen-bond donors (Lipinski definition) is 2. The van der Waals surface area contributed by atoms with E-state index >= 15 is 0 Å². The van der Waals surface area contributed by atoms with Gasteiger partial charge in [-0.3, -0.25) is 4.90 Å². The zero-order valence-corrected chi connectivity index (χ0v) is 25.1. The number of piperidine rings is 1. The Morgan fingerprint density at radius 2 is 1.74 bits per heavy atom. The Morgan fingerprint density at radius 1 is 0.905 bits per heavy atom.